The smallest absolute Gasteiger partial charge is 0.491 e. The molecule has 0 amide bonds. The van der Waals surface area contributed by atoms with Gasteiger partial charge < -0.3 is 25.9 Å². The summed E-state index contributed by atoms with van der Waals surface area (Å²) in [4.78, 5) is 0. The van der Waals surface area contributed by atoms with Gasteiger partial charge in [-0.2, -0.15) is 0 Å². The summed E-state index contributed by atoms with van der Waals surface area (Å²) >= 11 is 5.98. The summed E-state index contributed by atoms with van der Waals surface area (Å²) in [7, 11) is -0.574. The molecule has 5 nitrogen and oxygen atoms in total. The van der Waals surface area contributed by atoms with Crippen molar-refractivity contribution >= 4 is 30.5 Å². The summed E-state index contributed by atoms with van der Waals surface area (Å²) in [6, 6.07) is 3.11. The van der Waals surface area contributed by atoms with Crippen molar-refractivity contribution in [3.8, 4) is 5.75 Å². The zero-order valence-electron chi connectivity index (χ0n) is 13.3. The second-order valence-corrected chi connectivity index (χ2v) is 6.88. The average molecular weight is 325 g/mol. The summed E-state index contributed by atoms with van der Waals surface area (Å²) in [6.45, 7) is 8.10. The van der Waals surface area contributed by atoms with Gasteiger partial charge in [0.15, 0.2) is 0 Å². The highest BCUT2D eigenvalue weighted by Gasteiger charge is 2.52. The second-order valence-electron chi connectivity index (χ2n) is 6.44. The van der Waals surface area contributed by atoms with E-state index in [-0.39, 0.29) is 18.0 Å². The second kappa shape index (κ2) is 5.78. The van der Waals surface area contributed by atoms with E-state index >= 15 is 0 Å². The maximum atomic E-state index is 10.1. The zero-order valence-corrected chi connectivity index (χ0v) is 14.1. The van der Waals surface area contributed by atoms with Crippen LogP contribution < -0.4 is 11.5 Å². The Labute approximate surface area is 136 Å². The van der Waals surface area contributed by atoms with E-state index in [4.69, 9.17) is 32.4 Å². The number of benzene rings is 1. The number of phenolic OH excluding ortho intramolecular Hbond substituents is 1. The van der Waals surface area contributed by atoms with Crippen molar-refractivity contribution in [2.75, 3.05) is 12.3 Å². The van der Waals surface area contributed by atoms with Crippen molar-refractivity contribution in [3.05, 3.63) is 28.2 Å². The van der Waals surface area contributed by atoms with Crippen LogP contribution in [0, 0.1) is 0 Å². The molecule has 0 atom stereocenters. The topological polar surface area (TPSA) is 90.7 Å². The summed E-state index contributed by atoms with van der Waals surface area (Å²) in [6.07, 6.45) is 1.71. The molecule has 1 aromatic carbocycles. The van der Waals surface area contributed by atoms with E-state index in [1.54, 1.807) is 12.1 Å². The Morgan fingerprint density at radius 2 is 1.82 bits per heavy atom. The Morgan fingerprint density at radius 1 is 1.27 bits per heavy atom. The van der Waals surface area contributed by atoms with Crippen LogP contribution in [0.15, 0.2) is 17.6 Å². The Kier molecular flexibility index (Phi) is 4.50. The van der Waals surface area contributed by atoms with Crippen LogP contribution in [0.4, 0.5) is 5.69 Å². The maximum Gasteiger partial charge on any atom is 0.491 e. The first-order valence-corrected chi connectivity index (χ1v) is 7.49. The van der Waals surface area contributed by atoms with E-state index in [1.807, 2.05) is 27.7 Å². The van der Waals surface area contributed by atoms with E-state index in [0.717, 1.165) is 0 Å². The number of nitrogens with two attached hydrogens (primary N) is 2. The minimum absolute atomic E-state index is 0.0353. The van der Waals surface area contributed by atoms with E-state index in [9.17, 15) is 5.11 Å². The fourth-order valence-electron chi connectivity index (χ4n) is 2.17. The molecule has 0 radical (unpaired) electrons. The number of hydrogen-bond donors (Lipinski definition) is 3. The summed E-state index contributed by atoms with van der Waals surface area (Å²) < 4.78 is 11.9. The Hall–Kier alpha value is -1.21. The third-order valence-corrected chi connectivity index (χ3v) is 4.48. The molecular formula is C15H22BClN2O3. The van der Waals surface area contributed by atoms with E-state index in [2.05, 4.69) is 0 Å². The molecule has 7 heteroatoms. The maximum absolute atomic E-state index is 10.1. The predicted molar refractivity (Wildman–Crippen MR) is 90.6 cm³/mol. The lowest BCUT2D eigenvalue weighted by Crippen LogP contribution is -2.41. The Morgan fingerprint density at radius 3 is 2.32 bits per heavy atom. The van der Waals surface area contributed by atoms with Crippen molar-refractivity contribution in [3.63, 3.8) is 0 Å². The lowest BCUT2D eigenvalue weighted by molar-refractivity contribution is 0.00578. The highest BCUT2D eigenvalue weighted by Crippen LogP contribution is 2.39. The molecule has 0 spiro atoms. The number of aromatic hydroxyl groups is 1. The van der Waals surface area contributed by atoms with Crippen LogP contribution in [-0.2, 0) is 9.31 Å². The monoisotopic (exact) mass is 324 g/mol. The molecule has 2 rings (SSSR count). The minimum Gasteiger partial charge on any atom is -0.505 e. The first kappa shape index (κ1) is 17.2. The van der Waals surface area contributed by atoms with Crippen LogP contribution in [0.5, 0.6) is 5.75 Å². The largest absolute Gasteiger partial charge is 0.505 e. The van der Waals surface area contributed by atoms with Gasteiger partial charge in [0.25, 0.3) is 0 Å². The van der Waals surface area contributed by atoms with Crippen LogP contribution in [0.2, 0.25) is 5.02 Å². The summed E-state index contributed by atoms with van der Waals surface area (Å²) in [5.41, 5.74) is 12.0. The Bertz CT molecular complexity index is 601. The van der Waals surface area contributed by atoms with Crippen molar-refractivity contribution in [2.24, 2.45) is 5.73 Å². The van der Waals surface area contributed by atoms with Gasteiger partial charge in [0, 0.05) is 17.1 Å². The lowest BCUT2D eigenvalue weighted by Gasteiger charge is -2.32. The third-order valence-electron chi connectivity index (χ3n) is 4.27. The SMILES string of the molecule is CC1(C)OB(C(=Cc2cc(Cl)cc(N)c2O)CN)OC1(C)C. The molecule has 5 N–H and O–H groups in total. The molecule has 0 aromatic heterocycles. The minimum atomic E-state index is -0.574. The third kappa shape index (κ3) is 3.10. The summed E-state index contributed by atoms with van der Waals surface area (Å²) in [5.74, 6) is -0.0353. The molecule has 1 fully saturated rings. The number of halogens is 1. The molecule has 1 aliphatic heterocycles. The molecule has 22 heavy (non-hydrogen) atoms. The number of anilines is 1. The van der Waals surface area contributed by atoms with Crippen LogP contribution in [0.3, 0.4) is 0 Å². The van der Waals surface area contributed by atoms with E-state index < -0.39 is 18.3 Å². The molecule has 1 saturated heterocycles. The molecule has 0 aliphatic carbocycles. The van der Waals surface area contributed by atoms with Gasteiger partial charge in [-0.1, -0.05) is 17.7 Å². The van der Waals surface area contributed by atoms with E-state index in [1.165, 1.54) is 6.07 Å². The van der Waals surface area contributed by atoms with Gasteiger partial charge in [-0.3, -0.25) is 0 Å². The first-order valence-electron chi connectivity index (χ1n) is 7.11. The van der Waals surface area contributed by atoms with Gasteiger partial charge in [-0.05, 0) is 45.3 Å². The fraction of sp³-hybridized carbons (Fsp3) is 0.467. The van der Waals surface area contributed by atoms with Crippen molar-refractivity contribution in [2.45, 2.75) is 38.9 Å². The predicted octanol–water partition coefficient (Wildman–Crippen LogP) is 2.60. The van der Waals surface area contributed by atoms with Gasteiger partial charge >= 0.3 is 7.12 Å². The molecular weight excluding hydrogens is 302 g/mol. The number of nitrogen functional groups attached to an aromatic ring is 1. The normalized spacial score (nSPS) is 20.5. The molecule has 0 saturated carbocycles. The first-order chi connectivity index (χ1) is 10.1. The molecule has 0 unspecified atom stereocenters. The van der Waals surface area contributed by atoms with Crippen molar-refractivity contribution < 1.29 is 14.4 Å². The Balaban J connectivity index is 2.38. The van der Waals surface area contributed by atoms with Gasteiger partial charge in [-0.15, -0.1) is 0 Å². The number of phenols is 1. The van der Waals surface area contributed by atoms with Crippen molar-refractivity contribution in [1.29, 1.82) is 0 Å². The van der Waals surface area contributed by atoms with Gasteiger partial charge in [0.1, 0.15) is 5.75 Å². The average Bonchev–Trinajstić information content (AvgIpc) is 2.60. The molecule has 120 valence electrons. The lowest BCUT2D eigenvalue weighted by atomic mass is 9.77. The van der Waals surface area contributed by atoms with Crippen LogP contribution >= 0.6 is 11.6 Å². The molecule has 1 heterocycles. The van der Waals surface area contributed by atoms with Gasteiger partial charge in [-0.25, -0.2) is 0 Å². The highest BCUT2D eigenvalue weighted by atomic mass is 35.5. The highest BCUT2D eigenvalue weighted by molar-refractivity contribution is 6.56. The zero-order chi connectivity index (χ0) is 16.7. The molecule has 0 bridgehead atoms. The fourth-order valence-corrected chi connectivity index (χ4v) is 2.40. The van der Waals surface area contributed by atoms with Gasteiger partial charge in [0.05, 0.1) is 16.9 Å². The van der Waals surface area contributed by atoms with Crippen molar-refractivity contribution in [1.82, 2.24) is 0 Å². The summed E-state index contributed by atoms with van der Waals surface area (Å²) in [5, 5.41) is 10.5. The van der Waals surface area contributed by atoms with Crippen LogP contribution in [0.1, 0.15) is 33.3 Å². The molecule has 1 aliphatic rings. The van der Waals surface area contributed by atoms with E-state index in [0.29, 0.717) is 16.1 Å². The quantitative estimate of drug-likeness (QED) is 0.451. The van der Waals surface area contributed by atoms with Crippen LogP contribution in [0.25, 0.3) is 6.08 Å². The standard InChI is InChI=1S/C15H22BClN2O3/c1-14(2)15(3,4)22-16(21-14)10(8-18)5-9-6-11(17)7-12(19)13(9)20/h5-7,20H,8,18-19H2,1-4H3. The van der Waals surface area contributed by atoms with Crippen LogP contribution in [-0.4, -0.2) is 30.0 Å². The molecule has 1 aromatic rings. The van der Waals surface area contributed by atoms with Gasteiger partial charge in [0.2, 0.25) is 0 Å². The number of hydrogen-bond acceptors (Lipinski definition) is 5. The number of rotatable bonds is 3.